The molecule has 0 unspecified atom stereocenters. The molecule has 1 aliphatic rings. The van der Waals surface area contributed by atoms with E-state index in [0.29, 0.717) is 13.2 Å². The van der Waals surface area contributed by atoms with Crippen molar-refractivity contribution in [3.63, 3.8) is 0 Å². The van der Waals surface area contributed by atoms with Crippen molar-refractivity contribution in [1.82, 2.24) is 5.32 Å². The van der Waals surface area contributed by atoms with Crippen LogP contribution in [0.4, 0.5) is 0 Å². The van der Waals surface area contributed by atoms with E-state index in [-0.39, 0.29) is 5.97 Å². The number of hydrogen-bond acceptors (Lipinski definition) is 4. The zero-order chi connectivity index (χ0) is 13.7. The molecule has 0 bridgehead atoms. The number of rotatable bonds is 4. The number of piperidine rings is 1. The minimum absolute atomic E-state index is 0.132. The number of esters is 1. The topological polar surface area (TPSA) is 47.6 Å². The van der Waals surface area contributed by atoms with E-state index in [9.17, 15) is 4.79 Å². The van der Waals surface area contributed by atoms with Crippen LogP contribution >= 0.6 is 0 Å². The maximum Gasteiger partial charge on any atom is 0.317 e. The van der Waals surface area contributed by atoms with Crippen molar-refractivity contribution in [2.75, 3.05) is 26.8 Å². The van der Waals surface area contributed by atoms with Crippen LogP contribution in [-0.4, -0.2) is 32.8 Å². The van der Waals surface area contributed by atoms with Crippen LogP contribution in [0, 0.1) is 0 Å². The van der Waals surface area contributed by atoms with E-state index < -0.39 is 5.41 Å². The molecule has 1 saturated heterocycles. The van der Waals surface area contributed by atoms with Crippen LogP contribution in [0.2, 0.25) is 0 Å². The third kappa shape index (κ3) is 2.73. The monoisotopic (exact) mass is 263 g/mol. The second-order valence-corrected chi connectivity index (χ2v) is 4.81. The zero-order valence-corrected chi connectivity index (χ0v) is 11.6. The molecule has 1 N–H and O–H groups in total. The summed E-state index contributed by atoms with van der Waals surface area (Å²) < 4.78 is 10.5. The molecule has 19 heavy (non-hydrogen) atoms. The quantitative estimate of drug-likeness (QED) is 0.843. The molecular formula is C15H21NO3. The highest BCUT2D eigenvalue weighted by Gasteiger charge is 2.42. The molecule has 1 aromatic carbocycles. The first-order chi connectivity index (χ1) is 9.23. The van der Waals surface area contributed by atoms with Gasteiger partial charge in [0.1, 0.15) is 11.2 Å². The Morgan fingerprint density at radius 2 is 2.11 bits per heavy atom. The van der Waals surface area contributed by atoms with E-state index in [4.69, 9.17) is 9.47 Å². The van der Waals surface area contributed by atoms with Gasteiger partial charge in [0.25, 0.3) is 0 Å². The molecule has 1 heterocycles. The molecule has 104 valence electrons. The third-order valence-electron chi connectivity index (χ3n) is 3.69. The van der Waals surface area contributed by atoms with E-state index in [1.165, 1.54) is 0 Å². The van der Waals surface area contributed by atoms with Gasteiger partial charge in [0.15, 0.2) is 0 Å². The molecule has 0 amide bonds. The Bertz CT molecular complexity index is 422. The van der Waals surface area contributed by atoms with Crippen molar-refractivity contribution in [2.24, 2.45) is 0 Å². The first kappa shape index (κ1) is 13.9. The molecule has 1 aliphatic heterocycles. The van der Waals surface area contributed by atoms with Crippen LogP contribution in [0.15, 0.2) is 24.3 Å². The van der Waals surface area contributed by atoms with Gasteiger partial charge in [-0.3, -0.25) is 4.79 Å². The van der Waals surface area contributed by atoms with Crippen LogP contribution in [0.5, 0.6) is 5.75 Å². The molecule has 1 fully saturated rings. The first-order valence-electron chi connectivity index (χ1n) is 6.75. The maximum atomic E-state index is 12.4. The van der Waals surface area contributed by atoms with E-state index >= 15 is 0 Å². The van der Waals surface area contributed by atoms with Crippen molar-refractivity contribution < 1.29 is 14.3 Å². The van der Waals surface area contributed by atoms with E-state index in [0.717, 1.165) is 30.7 Å². The maximum absolute atomic E-state index is 12.4. The highest BCUT2D eigenvalue weighted by atomic mass is 16.5. The Kier molecular flexibility index (Phi) is 4.43. The fourth-order valence-electron chi connectivity index (χ4n) is 2.62. The standard InChI is InChI=1S/C15H21NO3/c1-3-19-14(17)15(9-4-10-16-11-15)12-5-7-13(18-2)8-6-12/h5-8,16H,3-4,9-11H2,1-2H3/t15-/m1/s1. The fraction of sp³-hybridized carbons (Fsp3) is 0.533. The van der Waals surface area contributed by atoms with Crippen molar-refractivity contribution in [2.45, 2.75) is 25.2 Å². The lowest BCUT2D eigenvalue weighted by Gasteiger charge is -2.35. The summed E-state index contributed by atoms with van der Waals surface area (Å²) in [6, 6.07) is 7.71. The summed E-state index contributed by atoms with van der Waals surface area (Å²) in [4.78, 5) is 12.4. The summed E-state index contributed by atoms with van der Waals surface area (Å²) in [5.74, 6) is 0.666. The van der Waals surface area contributed by atoms with Crippen LogP contribution in [0.1, 0.15) is 25.3 Å². The van der Waals surface area contributed by atoms with Gasteiger partial charge >= 0.3 is 5.97 Å². The number of hydrogen-bond donors (Lipinski definition) is 1. The number of nitrogens with one attached hydrogen (secondary N) is 1. The van der Waals surface area contributed by atoms with Gasteiger partial charge < -0.3 is 14.8 Å². The van der Waals surface area contributed by atoms with Gasteiger partial charge in [0.05, 0.1) is 13.7 Å². The molecule has 1 atom stereocenters. The normalized spacial score (nSPS) is 22.8. The van der Waals surface area contributed by atoms with Crippen LogP contribution in [-0.2, 0) is 14.9 Å². The van der Waals surface area contributed by atoms with Gasteiger partial charge in [-0.1, -0.05) is 12.1 Å². The van der Waals surface area contributed by atoms with Crippen LogP contribution in [0.3, 0.4) is 0 Å². The fourth-order valence-corrected chi connectivity index (χ4v) is 2.62. The second kappa shape index (κ2) is 6.06. The molecule has 4 heteroatoms. The van der Waals surface area contributed by atoms with Gasteiger partial charge in [-0.2, -0.15) is 0 Å². The van der Waals surface area contributed by atoms with Gasteiger partial charge in [0, 0.05) is 6.54 Å². The van der Waals surface area contributed by atoms with E-state index in [2.05, 4.69) is 5.32 Å². The predicted molar refractivity (Wildman–Crippen MR) is 73.4 cm³/mol. The van der Waals surface area contributed by atoms with Crippen molar-refractivity contribution in [1.29, 1.82) is 0 Å². The average Bonchev–Trinajstić information content (AvgIpc) is 2.48. The summed E-state index contributed by atoms with van der Waals surface area (Å²) in [5, 5.41) is 3.31. The number of ether oxygens (including phenoxy) is 2. The minimum atomic E-state index is -0.555. The number of methoxy groups -OCH3 is 1. The highest BCUT2D eigenvalue weighted by molar-refractivity contribution is 5.84. The van der Waals surface area contributed by atoms with Gasteiger partial charge in [0.2, 0.25) is 0 Å². The first-order valence-corrected chi connectivity index (χ1v) is 6.75. The summed E-state index contributed by atoms with van der Waals surface area (Å²) in [5.41, 5.74) is 0.444. The Labute approximate surface area is 114 Å². The lowest BCUT2D eigenvalue weighted by Crippen LogP contribution is -2.49. The molecule has 0 spiro atoms. The van der Waals surface area contributed by atoms with Gasteiger partial charge in [-0.25, -0.2) is 0 Å². The number of carbonyl (C=O) groups excluding carboxylic acids is 1. The Balaban J connectivity index is 2.32. The second-order valence-electron chi connectivity index (χ2n) is 4.81. The third-order valence-corrected chi connectivity index (χ3v) is 3.69. The Morgan fingerprint density at radius 1 is 1.37 bits per heavy atom. The molecule has 1 aromatic rings. The van der Waals surface area contributed by atoms with E-state index in [1.807, 2.05) is 31.2 Å². The number of carbonyl (C=O) groups is 1. The molecule has 2 rings (SSSR count). The lowest BCUT2D eigenvalue weighted by molar-refractivity contribution is -0.151. The summed E-state index contributed by atoms with van der Waals surface area (Å²) in [7, 11) is 1.64. The van der Waals surface area contributed by atoms with Crippen LogP contribution in [0.25, 0.3) is 0 Å². The average molecular weight is 263 g/mol. The summed E-state index contributed by atoms with van der Waals surface area (Å²) in [6.45, 7) is 3.85. The summed E-state index contributed by atoms with van der Waals surface area (Å²) >= 11 is 0. The lowest BCUT2D eigenvalue weighted by atomic mass is 9.74. The smallest absolute Gasteiger partial charge is 0.317 e. The Hall–Kier alpha value is -1.55. The molecule has 0 aromatic heterocycles. The van der Waals surface area contributed by atoms with Gasteiger partial charge in [-0.15, -0.1) is 0 Å². The largest absolute Gasteiger partial charge is 0.497 e. The predicted octanol–water partition coefficient (Wildman–Crippen LogP) is 1.88. The van der Waals surface area contributed by atoms with Crippen molar-refractivity contribution in [3.8, 4) is 5.75 Å². The van der Waals surface area contributed by atoms with E-state index in [1.54, 1.807) is 7.11 Å². The highest BCUT2D eigenvalue weighted by Crippen LogP contribution is 2.33. The Morgan fingerprint density at radius 3 is 2.63 bits per heavy atom. The minimum Gasteiger partial charge on any atom is -0.497 e. The van der Waals surface area contributed by atoms with Gasteiger partial charge in [-0.05, 0) is 44.0 Å². The molecule has 0 aliphatic carbocycles. The molecular weight excluding hydrogens is 242 g/mol. The zero-order valence-electron chi connectivity index (χ0n) is 11.6. The molecule has 0 saturated carbocycles. The van der Waals surface area contributed by atoms with Crippen LogP contribution < -0.4 is 10.1 Å². The SMILES string of the molecule is CCOC(=O)[C@]1(c2ccc(OC)cc2)CCCNC1. The molecule has 4 nitrogen and oxygen atoms in total. The number of benzene rings is 1. The van der Waals surface area contributed by atoms with Crippen molar-refractivity contribution >= 4 is 5.97 Å². The summed E-state index contributed by atoms with van der Waals surface area (Å²) in [6.07, 6.45) is 1.80. The van der Waals surface area contributed by atoms with Crippen molar-refractivity contribution in [3.05, 3.63) is 29.8 Å². The molecule has 0 radical (unpaired) electrons.